The Morgan fingerprint density at radius 1 is 1.21 bits per heavy atom. The Bertz CT molecular complexity index is 890. The summed E-state index contributed by atoms with van der Waals surface area (Å²) in [6.07, 6.45) is 8.81. The number of aromatic nitrogens is 1. The second-order valence-electron chi connectivity index (χ2n) is 7.06. The predicted molar refractivity (Wildman–Crippen MR) is 113 cm³/mol. The second-order valence-corrected chi connectivity index (χ2v) is 7.92. The lowest BCUT2D eigenvalue weighted by atomic mass is 10.0. The molecule has 1 amide bonds. The number of nitrogens with zero attached hydrogens (tertiary/aromatic N) is 1. The van der Waals surface area contributed by atoms with Crippen LogP contribution in [0.4, 0.5) is 0 Å². The highest BCUT2D eigenvalue weighted by atomic mass is 79.9. The van der Waals surface area contributed by atoms with Gasteiger partial charge in [0.1, 0.15) is 11.4 Å². The van der Waals surface area contributed by atoms with Gasteiger partial charge in [-0.05, 0) is 58.1 Å². The van der Waals surface area contributed by atoms with Crippen molar-refractivity contribution in [2.45, 2.75) is 38.5 Å². The van der Waals surface area contributed by atoms with Gasteiger partial charge in [0.25, 0.3) is 0 Å². The van der Waals surface area contributed by atoms with Crippen LogP contribution in [-0.4, -0.2) is 22.0 Å². The Labute approximate surface area is 178 Å². The number of nitrogens with one attached hydrogen (secondary N) is 1. The summed E-state index contributed by atoms with van der Waals surface area (Å²) < 4.78 is 6.50. The zero-order valence-corrected chi connectivity index (χ0v) is 17.5. The van der Waals surface area contributed by atoms with Gasteiger partial charge in [-0.2, -0.15) is 0 Å². The molecule has 1 heterocycles. The minimum absolute atomic E-state index is 0.164. The fourth-order valence-electron chi connectivity index (χ4n) is 3.34. The summed E-state index contributed by atoms with van der Waals surface area (Å²) in [6.45, 7) is 0. The molecule has 7 heteroatoms. The highest BCUT2D eigenvalue weighted by Crippen LogP contribution is 2.29. The van der Waals surface area contributed by atoms with Crippen LogP contribution in [0.2, 0.25) is 0 Å². The number of amides is 1. The van der Waals surface area contributed by atoms with Gasteiger partial charge in [-0.3, -0.25) is 4.79 Å². The number of para-hydroxylation sites is 1. The molecule has 1 saturated carbocycles. The Hall–Kier alpha value is -2.67. The molecule has 1 aromatic carbocycles. The summed E-state index contributed by atoms with van der Waals surface area (Å²) in [4.78, 5) is 27.9. The van der Waals surface area contributed by atoms with Crippen molar-refractivity contribution in [1.82, 2.24) is 10.3 Å². The molecule has 1 aliphatic carbocycles. The number of ether oxygens (including phenoxy) is 1. The molecule has 152 valence electrons. The van der Waals surface area contributed by atoms with Crippen LogP contribution in [0.1, 0.15) is 44.1 Å². The fraction of sp³-hybridized carbons (Fsp3) is 0.318. The van der Waals surface area contributed by atoms with Crippen LogP contribution in [0.3, 0.4) is 0 Å². The van der Waals surface area contributed by atoms with Crippen molar-refractivity contribution in [2.24, 2.45) is 5.92 Å². The molecular weight excluding hydrogens is 436 g/mol. The molecule has 0 unspecified atom stereocenters. The molecule has 29 heavy (non-hydrogen) atoms. The first kappa shape index (κ1) is 21.0. The van der Waals surface area contributed by atoms with Crippen LogP contribution >= 0.6 is 15.9 Å². The van der Waals surface area contributed by atoms with E-state index in [4.69, 9.17) is 4.74 Å². The lowest BCUT2D eigenvalue weighted by Crippen LogP contribution is -2.27. The van der Waals surface area contributed by atoms with Gasteiger partial charge in [0.15, 0.2) is 0 Å². The molecule has 0 atom stereocenters. The van der Waals surface area contributed by atoms with Crippen molar-refractivity contribution < 1.29 is 19.4 Å². The van der Waals surface area contributed by atoms with Crippen molar-refractivity contribution in [3.8, 4) is 11.6 Å². The molecule has 0 saturated heterocycles. The minimum Gasteiger partial charge on any atom is -0.477 e. The van der Waals surface area contributed by atoms with E-state index >= 15 is 0 Å². The third-order valence-corrected chi connectivity index (χ3v) is 5.54. The highest BCUT2D eigenvalue weighted by molar-refractivity contribution is 9.10. The average Bonchev–Trinajstić information content (AvgIpc) is 3.23. The quantitative estimate of drug-likeness (QED) is 0.534. The van der Waals surface area contributed by atoms with Crippen LogP contribution in [0.5, 0.6) is 11.6 Å². The summed E-state index contributed by atoms with van der Waals surface area (Å²) in [5.74, 6) is 0.134. The first-order valence-electron chi connectivity index (χ1n) is 9.64. The average molecular weight is 459 g/mol. The van der Waals surface area contributed by atoms with E-state index in [0.29, 0.717) is 29.5 Å². The van der Waals surface area contributed by atoms with E-state index in [-0.39, 0.29) is 11.6 Å². The molecule has 0 spiro atoms. The number of pyridine rings is 1. The summed E-state index contributed by atoms with van der Waals surface area (Å²) in [6, 6.07) is 10.7. The lowest BCUT2D eigenvalue weighted by Gasteiger charge is -2.10. The van der Waals surface area contributed by atoms with Crippen molar-refractivity contribution in [3.05, 3.63) is 58.3 Å². The number of carboxylic acids is 1. The number of carbonyl (C=O) groups excluding carboxylic acids is 1. The first-order valence-corrected chi connectivity index (χ1v) is 10.4. The Morgan fingerprint density at radius 3 is 2.62 bits per heavy atom. The van der Waals surface area contributed by atoms with Crippen LogP contribution in [0, 0.1) is 5.92 Å². The Balaban J connectivity index is 1.61. The van der Waals surface area contributed by atoms with E-state index in [1.807, 2.05) is 24.3 Å². The molecule has 2 aromatic rings. The maximum atomic E-state index is 12.1. The first-order chi connectivity index (χ1) is 14.0. The van der Waals surface area contributed by atoms with E-state index in [9.17, 15) is 14.7 Å². The van der Waals surface area contributed by atoms with Gasteiger partial charge >= 0.3 is 5.97 Å². The Morgan fingerprint density at radius 2 is 1.97 bits per heavy atom. The topological polar surface area (TPSA) is 88.5 Å². The summed E-state index contributed by atoms with van der Waals surface area (Å²) >= 11 is 3.41. The molecule has 1 aromatic heterocycles. The van der Waals surface area contributed by atoms with E-state index in [1.54, 1.807) is 12.1 Å². The minimum atomic E-state index is -1.19. The number of rotatable bonds is 8. The van der Waals surface area contributed by atoms with Gasteiger partial charge in [0.2, 0.25) is 11.8 Å². The van der Waals surface area contributed by atoms with Gasteiger partial charge < -0.3 is 15.2 Å². The number of carbonyl (C=O) groups is 2. The number of halogens is 1. The standard InChI is InChI=1S/C22H23BrN2O4/c23-17-7-3-4-8-19(17)29-21-12-10-16(14-24-21)13-18(22(27)28)25-20(26)11-9-15-5-1-2-6-15/h3-4,7-8,10,12-15H,1-2,5-6,9,11H2,(H,25,26)(H,27,28)/b18-13-. The Kier molecular flexibility index (Phi) is 7.41. The molecule has 0 radical (unpaired) electrons. The van der Waals surface area contributed by atoms with Gasteiger partial charge in [0.05, 0.1) is 4.47 Å². The highest BCUT2D eigenvalue weighted by Gasteiger charge is 2.18. The fourth-order valence-corrected chi connectivity index (χ4v) is 3.71. The summed E-state index contributed by atoms with van der Waals surface area (Å²) in [5.41, 5.74) is 0.390. The number of aliphatic carboxylic acids is 1. The van der Waals surface area contributed by atoms with Crippen molar-refractivity contribution in [2.75, 3.05) is 0 Å². The normalized spacial score (nSPS) is 14.6. The SMILES string of the molecule is O=C(CCC1CCCC1)N/C(=C\c1ccc(Oc2ccccc2Br)nc1)C(=O)O. The number of carboxylic acid groups (broad SMARTS) is 1. The van der Waals surface area contributed by atoms with Crippen molar-refractivity contribution in [3.63, 3.8) is 0 Å². The maximum Gasteiger partial charge on any atom is 0.352 e. The van der Waals surface area contributed by atoms with Crippen LogP contribution < -0.4 is 10.1 Å². The van der Waals surface area contributed by atoms with Crippen molar-refractivity contribution >= 4 is 33.9 Å². The number of hydrogen-bond acceptors (Lipinski definition) is 4. The van der Waals surface area contributed by atoms with Crippen LogP contribution in [-0.2, 0) is 9.59 Å². The molecule has 1 fully saturated rings. The summed E-state index contributed by atoms with van der Waals surface area (Å²) in [5, 5.41) is 11.9. The van der Waals surface area contributed by atoms with Crippen LogP contribution in [0.15, 0.2) is 52.8 Å². The number of benzene rings is 1. The smallest absolute Gasteiger partial charge is 0.352 e. The third kappa shape index (κ3) is 6.42. The third-order valence-electron chi connectivity index (χ3n) is 4.88. The molecule has 0 aliphatic heterocycles. The second kappa shape index (κ2) is 10.2. The predicted octanol–water partition coefficient (Wildman–Crippen LogP) is 5.15. The zero-order valence-electron chi connectivity index (χ0n) is 15.9. The molecule has 6 nitrogen and oxygen atoms in total. The lowest BCUT2D eigenvalue weighted by molar-refractivity contribution is -0.134. The maximum absolute atomic E-state index is 12.1. The number of hydrogen-bond donors (Lipinski definition) is 2. The van der Waals surface area contributed by atoms with Gasteiger partial charge in [-0.15, -0.1) is 0 Å². The zero-order chi connectivity index (χ0) is 20.6. The van der Waals surface area contributed by atoms with Gasteiger partial charge in [-0.25, -0.2) is 9.78 Å². The van der Waals surface area contributed by atoms with E-state index in [2.05, 4.69) is 26.2 Å². The molecular formula is C22H23BrN2O4. The van der Waals surface area contributed by atoms with Crippen molar-refractivity contribution in [1.29, 1.82) is 0 Å². The molecule has 3 rings (SSSR count). The monoisotopic (exact) mass is 458 g/mol. The van der Waals surface area contributed by atoms with Crippen LogP contribution in [0.25, 0.3) is 6.08 Å². The molecule has 1 aliphatic rings. The van der Waals surface area contributed by atoms with Gasteiger partial charge in [0, 0.05) is 18.7 Å². The van der Waals surface area contributed by atoms with E-state index < -0.39 is 5.97 Å². The molecule has 2 N–H and O–H groups in total. The van der Waals surface area contributed by atoms with E-state index in [0.717, 1.165) is 23.7 Å². The van der Waals surface area contributed by atoms with E-state index in [1.165, 1.54) is 25.1 Å². The van der Waals surface area contributed by atoms with Gasteiger partial charge in [-0.1, -0.05) is 37.8 Å². The largest absolute Gasteiger partial charge is 0.477 e. The molecule has 0 bridgehead atoms. The summed E-state index contributed by atoms with van der Waals surface area (Å²) in [7, 11) is 0.